The first-order chi connectivity index (χ1) is 9.90. The predicted molar refractivity (Wildman–Crippen MR) is 76.5 cm³/mol. The second-order valence-electron chi connectivity index (χ2n) is 5.77. The number of nitrogens with zero attached hydrogens (tertiary/aromatic N) is 1. The number of carbonyl (C=O) groups is 1. The van der Waals surface area contributed by atoms with Gasteiger partial charge in [-0.1, -0.05) is 26.7 Å². The van der Waals surface area contributed by atoms with E-state index in [1.807, 2.05) is 0 Å². The number of nitrogens with one attached hydrogen (secondary N) is 1. The second kappa shape index (κ2) is 6.20. The maximum Gasteiger partial charge on any atom is 0.270 e. The fourth-order valence-electron chi connectivity index (χ4n) is 2.83. The quantitative estimate of drug-likeness (QED) is 0.686. The van der Waals surface area contributed by atoms with Crippen molar-refractivity contribution in [3.8, 4) is 0 Å². The van der Waals surface area contributed by atoms with Gasteiger partial charge in [0.05, 0.1) is 10.5 Å². The van der Waals surface area contributed by atoms with E-state index in [0.717, 1.165) is 37.5 Å². The van der Waals surface area contributed by atoms with Gasteiger partial charge in [0.25, 0.3) is 11.6 Å². The Morgan fingerprint density at radius 2 is 2.10 bits per heavy atom. The number of nitro benzene ring substituents is 1. The Kier molecular flexibility index (Phi) is 4.55. The molecular formula is C15H19FN2O3. The molecule has 2 rings (SSSR count). The molecule has 0 aromatic heterocycles. The van der Waals surface area contributed by atoms with E-state index in [1.165, 1.54) is 0 Å². The number of halogens is 1. The number of rotatable bonds is 3. The molecule has 1 aliphatic rings. The second-order valence-corrected chi connectivity index (χ2v) is 5.77. The van der Waals surface area contributed by atoms with Crippen molar-refractivity contribution in [3.63, 3.8) is 0 Å². The SMILES string of the molecule is CC1CCCC(NC(=O)c2cc([N+](=O)[O-])ccc2F)C1C. The molecule has 0 bridgehead atoms. The third-order valence-electron chi connectivity index (χ3n) is 4.43. The Morgan fingerprint density at radius 3 is 2.76 bits per heavy atom. The summed E-state index contributed by atoms with van der Waals surface area (Å²) in [4.78, 5) is 22.3. The number of nitro groups is 1. The van der Waals surface area contributed by atoms with Crippen LogP contribution in [0, 0.1) is 27.8 Å². The first-order valence-corrected chi connectivity index (χ1v) is 7.15. The van der Waals surface area contributed by atoms with Gasteiger partial charge in [-0.05, 0) is 24.3 Å². The van der Waals surface area contributed by atoms with Gasteiger partial charge < -0.3 is 5.32 Å². The molecule has 1 aromatic carbocycles. The van der Waals surface area contributed by atoms with Crippen LogP contribution in [0.25, 0.3) is 0 Å². The normalized spacial score (nSPS) is 25.4. The van der Waals surface area contributed by atoms with Crippen LogP contribution in [0.4, 0.5) is 10.1 Å². The first-order valence-electron chi connectivity index (χ1n) is 7.15. The van der Waals surface area contributed by atoms with Crippen molar-refractivity contribution in [2.75, 3.05) is 0 Å². The van der Waals surface area contributed by atoms with Crippen LogP contribution in [0.1, 0.15) is 43.5 Å². The minimum atomic E-state index is -0.741. The van der Waals surface area contributed by atoms with Crippen molar-refractivity contribution in [1.82, 2.24) is 5.32 Å². The van der Waals surface area contributed by atoms with E-state index in [1.54, 1.807) is 0 Å². The molecular weight excluding hydrogens is 275 g/mol. The molecule has 3 atom stereocenters. The van der Waals surface area contributed by atoms with Gasteiger partial charge in [-0.3, -0.25) is 14.9 Å². The fraction of sp³-hybridized carbons (Fsp3) is 0.533. The number of non-ortho nitro benzene ring substituents is 1. The summed E-state index contributed by atoms with van der Waals surface area (Å²) in [6.45, 7) is 4.20. The van der Waals surface area contributed by atoms with Gasteiger partial charge in [-0.25, -0.2) is 4.39 Å². The highest BCUT2D eigenvalue weighted by molar-refractivity contribution is 5.95. The Balaban J connectivity index is 2.16. The molecule has 1 aliphatic carbocycles. The molecule has 1 N–H and O–H groups in total. The van der Waals surface area contributed by atoms with Crippen LogP contribution in [0.5, 0.6) is 0 Å². The number of hydrogen-bond donors (Lipinski definition) is 1. The lowest BCUT2D eigenvalue weighted by molar-refractivity contribution is -0.384. The molecule has 114 valence electrons. The highest BCUT2D eigenvalue weighted by atomic mass is 19.1. The molecule has 1 amide bonds. The van der Waals surface area contributed by atoms with Gasteiger partial charge in [0, 0.05) is 18.2 Å². The van der Waals surface area contributed by atoms with E-state index in [9.17, 15) is 19.3 Å². The zero-order valence-electron chi connectivity index (χ0n) is 12.1. The maximum absolute atomic E-state index is 13.7. The van der Waals surface area contributed by atoms with Gasteiger partial charge in [-0.2, -0.15) is 0 Å². The topological polar surface area (TPSA) is 72.2 Å². The summed E-state index contributed by atoms with van der Waals surface area (Å²) in [6, 6.07) is 2.99. The van der Waals surface area contributed by atoms with Crippen LogP contribution in [-0.4, -0.2) is 16.9 Å². The van der Waals surface area contributed by atoms with E-state index in [0.29, 0.717) is 11.8 Å². The molecule has 21 heavy (non-hydrogen) atoms. The van der Waals surface area contributed by atoms with Gasteiger partial charge in [-0.15, -0.1) is 0 Å². The van der Waals surface area contributed by atoms with Crippen molar-refractivity contribution >= 4 is 11.6 Å². The summed E-state index contributed by atoms with van der Waals surface area (Å²) >= 11 is 0. The van der Waals surface area contributed by atoms with E-state index in [-0.39, 0.29) is 17.3 Å². The molecule has 1 saturated carbocycles. The Morgan fingerprint density at radius 1 is 1.38 bits per heavy atom. The van der Waals surface area contributed by atoms with Gasteiger partial charge >= 0.3 is 0 Å². The largest absolute Gasteiger partial charge is 0.349 e. The lowest BCUT2D eigenvalue weighted by Crippen LogP contribution is -2.43. The Hall–Kier alpha value is -1.98. The summed E-state index contributed by atoms with van der Waals surface area (Å²) in [6.07, 6.45) is 3.00. The molecule has 6 heteroatoms. The fourth-order valence-corrected chi connectivity index (χ4v) is 2.83. The average Bonchev–Trinajstić information content (AvgIpc) is 2.44. The molecule has 3 unspecified atom stereocenters. The number of benzene rings is 1. The molecule has 0 aliphatic heterocycles. The van der Waals surface area contributed by atoms with Gasteiger partial charge in [0.2, 0.25) is 0 Å². The third kappa shape index (κ3) is 3.37. The summed E-state index contributed by atoms with van der Waals surface area (Å²) in [5, 5.41) is 13.5. The lowest BCUT2D eigenvalue weighted by atomic mass is 9.78. The molecule has 0 radical (unpaired) electrons. The van der Waals surface area contributed by atoms with E-state index >= 15 is 0 Å². The van der Waals surface area contributed by atoms with Crippen LogP contribution >= 0.6 is 0 Å². The molecule has 1 aromatic rings. The van der Waals surface area contributed by atoms with Crippen LogP contribution in [0.3, 0.4) is 0 Å². The average molecular weight is 294 g/mol. The smallest absolute Gasteiger partial charge is 0.270 e. The highest BCUT2D eigenvalue weighted by Gasteiger charge is 2.29. The van der Waals surface area contributed by atoms with Crippen LogP contribution in [-0.2, 0) is 0 Å². The summed E-state index contributed by atoms with van der Waals surface area (Å²) in [5.41, 5.74) is -0.554. The third-order valence-corrected chi connectivity index (χ3v) is 4.43. The number of carbonyl (C=O) groups excluding carboxylic acids is 1. The van der Waals surface area contributed by atoms with Crippen LogP contribution in [0.15, 0.2) is 18.2 Å². The monoisotopic (exact) mass is 294 g/mol. The minimum absolute atomic E-state index is 0.0140. The van der Waals surface area contributed by atoms with Gasteiger partial charge in [0.1, 0.15) is 5.82 Å². The summed E-state index contributed by atoms with van der Waals surface area (Å²) in [7, 11) is 0. The van der Waals surface area contributed by atoms with Crippen molar-refractivity contribution in [1.29, 1.82) is 0 Å². The van der Waals surface area contributed by atoms with Crippen molar-refractivity contribution in [3.05, 3.63) is 39.7 Å². The van der Waals surface area contributed by atoms with E-state index in [4.69, 9.17) is 0 Å². The van der Waals surface area contributed by atoms with E-state index in [2.05, 4.69) is 19.2 Å². The van der Waals surface area contributed by atoms with Crippen molar-refractivity contribution in [2.45, 2.75) is 39.2 Å². The molecule has 5 nitrogen and oxygen atoms in total. The number of amides is 1. The molecule has 0 spiro atoms. The molecule has 0 heterocycles. The van der Waals surface area contributed by atoms with E-state index < -0.39 is 16.6 Å². The summed E-state index contributed by atoms with van der Waals surface area (Å²) in [5.74, 6) is -0.514. The Labute approximate surface area is 122 Å². The molecule has 0 saturated heterocycles. The van der Waals surface area contributed by atoms with Crippen LogP contribution in [0.2, 0.25) is 0 Å². The Bertz CT molecular complexity index is 562. The summed E-state index contributed by atoms with van der Waals surface area (Å²) < 4.78 is 13.7. The predicted octanol–water partition coefficient (Wildman–Crippen LogP) is 3.29. The standard InChI is InChI=1S/C15H19FN2O3/c1-9-4-3-5-14(10(9)2)17-15(19)12-8-11(18(20)21)6-7-13(12)16/h6-10,14H,3-5H2,1-2H3,(H,17,19). The zero-order valence-corrected chi connectivity index (χ0v) is 12.1. The maximum atomic E-state index is 13.7. The van der Waals surface area contributed by atoms with Crippen LogP contribution < -0.4 is 5.32 Å². The number of hydrogen-bond acceptors (Lipinski definition) is 3. The zero-order chi connectivity index (χ0) is 15.6. The first kappa shape index (κ1) is 15.4. The molecule has 1 fully saturated rings. The van der Waals surface area contributed by atoms with Crippen molar-refractivity contribution in [2.24, 2.45) is 11.8 Å². The minimum Gasteiger partial charge on any atom is -0.349 e. The highest BCUT2D eigenvalue weighted by Crippen LogP contribution is 2.29. The van der Waals surface area contributed by atoms with Crippen molar-refractivity contribution < 1.29 is 14.1 Å². The van der Waals surface area contributed by atoms with Gasteiger partial charge in [0.15, 0.2) is 0 Å². The lowest BCUT2D eigenvalue weighted by Gasteiger charge is -2.34.